The average Bonchev–Trinajstić information content (AvgIpc) is 2.74. The Balaban J connectivity index is 2.33. The molecule has 8 heteroatoms. The lowest BCUT2D eigenvalue weighted by molar-refractivity contribution is -0.137. The van der Waals surface area contributed by atoms with E-state index in [1.165, 1.54) is 17.1 Å². The Bertz CT molecular complexity index is 595. The van der Waals surface area contributed by atoms with Crippen LogP contribution in [-0.2, 0) is 13.2 Å². The van der Waals surface area contributed by atoms with Crippen molar-refractivity contribution in [3.8, 4) is 11.6 Å². The molecule has 0 saturated carbocycles. The fourth-order valence-electron chi connectivity index (χ4n) is 1.57. The lowest BCUT2D eigenvalue weighted by atomic mass is 10.2. The summed E-state index contributed by atoms with van der Waals surface area (Å²) in [5.74, 6) is 0.298. The second kappa shape index (κ2) is 5.40. The number of alkyl halides is 3. The van der Waals surface area contributed by atoms with E-state index >= 15 is 0 Å². The summed E-state index contributed by atoms with van der Waals surface area (Å²) in [5, 5.41) is 6.61. The summed E-state index contributed by atoms with van der Waals surface area (Å²) < 4.78 is 45.2. The van der Waals surface area contributed by atoms with Gasteiger partial charge in [0, 0.05) is 19.7 Å². The third-order valence-corrected chi connectivity index (χ3v) is 2.39. The van der Waals surface area contributed by atoms with Crippen molar-refractivity contribution in [3.63, 3.8) is 0 Å². The van der Waals surface area contributed by atoms with Gasteiger partial charge in [0.25, 0.3) is 0 Å². The van der Waals surface area contributed by atoms with Gasteiger partial charge >= 0.3 is 6.18 Å². The molecular formula is C12H13F3N4O. The van der Waals surface area contributed by atoms with Crippen LogP contribution in [0.1, 0.15) is 12.5 Å². The van der Waals surface area contributed by atoms with Crippen LogP contribution in [-0.4, -0.2) is 21.3 Å². The quantitative estimate of drug-likeness (QED) is 0.938. The van der Waals surface area contributed by atoms with E-state index in [0.717, 1.165) is 12.1 Å². The molecule has 0 radical (unpaired) electrons. The van der Waals surface area contributed by atoms with Crippen LogP contribution in [0, 0.1) is 0 Å². The average molecular weight is 286 g/mol. The molecule has 0 saturated heterocycles. The minimum absolute atomic E-state index is 0.112. The number of rotatable bonds is 4. The molecule has 0 aliphatic rings. The third kappa shape index (κ3) is 3.40. The minimum Gasteiger partial charge on any atom is -0.436 e. The molecule has 0 aliphatic heterocycles. The van der Waals surface area contributed by atoms with Gasteiger partial charge in [0.2, 0.25) is 5.88 Å². The normalized spacial score (nSPS) is 11.4. The van der Waals surface area contributed by atoms with E-state index < -0.39 is 11.7 Å². The van der Waals surface area contributed by atoms with E-state index in [0.29, 0.717) is 12.3 Å². The highest BCUT2D eigenvalue weighted by atomic mass is 19.4. The number of anilines is 1. The molecule has 20 heavy (non-hydrogen) atoms. The van der Waals surface area contributed by atoms with Crippen LogP contribution >= 0.6 is 0 Å². The number of pyridine rings is 1. The highest BCUT2D eigenvalue weighted by Crippen LogP contribution is 2.33. The third-order valence-electron chi connectivity index (χ3n) is 2.39. The van der Waals surface area contributed by atoms with Crippen LogP contribution < -0.4 is 10.1 Å². The van der Waals surface area contributed by atoms with Gasteiger partial charge in [0.15, 0.2) is 5.75 Å². The molecule has 0 unspecified atom stereocenters. The van der Waals surface area contributed by atoms with Crippen molar-refractivity contribution in [1.29, 1.82) is 0 Å². The van der Waals surface area contributed by atoms with Crippen molar-refractivity contribution in [2.24, 2.45) is 7.05 Å². The predicted octanol–water partition coefficient (Wildman–Crippen LogP) is 3.06. The van der Waals surface area contributed by atoms with Gasteiger partial charge in [-0.1, -0.05) is 0 Å². The molecule has 0 spiro atoms. The van der Waals surface area contributed by atoms with Crippen molar-refractivity contribution < 1.29 is 17.9 Å². The Morgan fingerprint density at radius 1 is 1.35 bits per heavy atom. The zero-order chi connectivity index (χ0) is 14.8. The zero-order valence-corrected chi connectivity index (χ0v) is 10.9. The summed E-state index contributed by atoms with van der Waals surface area (Å²) in [4.78, 5) is 3.97. The molecule has 0 aromatic carbocycles. The van der Waals surface area contributed by atoms with Crippen LogP contribution in [0.15, 0.2) is 24.5 Å². The Hall–Kier alpha value is -2.25. The van der Waals surface area contributed by atoms with Crippen LogP contribution in [0.25, 0.3) is 0 Å². The first kappa shape index (κ1) is 14.2. The first-order chi connectivity index (χ1) is 9.38. The second-order valence-electron chi connectivity index (χ2n) is 4.06. The van der Waals surface area contributed by atoms with Gasteiger partial charge < -0.3 is 10.1 Å². The molecule has 2 rings (SSSR count). The van der Waals surface area contributed by atoms with E-state index in [4.69, 9.17) is 4.74 Å². The molecule has 0 amide bonds. The largest absolute Gasteiger partial charge is 0.436 e. The van der Waals surface area contributed by atoms with Gasteiger partial charge in [0.1, 0.15) is 5.82 Å². The number of ether oxygens (including phenoxy) is 1. The Morgan fingerprint density at radius 3 is 2.65 bits per heavy atom. The SMILES string of the molecule is CCNc1cc(C(F)(F)F)cc(Oc2cnn(C)c2)n1. The summed E-state index contributed by atoms with van der Waals surface area (Å²) in [7, 11) is 1.68. The molecule has 0 aliphatic carbocycles. The maximum atomic E-state index is 12.8. The van der Waals surface area contributed by atoms with E-state index in [-0.39, 0.29) is 11.7 Å². The fourth-order valence-corrected chi connectivity index (χ4v) is 1.57. The first-order valence-electron chi connectivity index (χ1n) is 5.88. The molecule has 2 aromatic rings. The Kier molecular flexibility index (Phi) is 3.82. The number of nitrogens with zero attached hydrogens (tertiary/aromatic N) is 3. The van der Waals surface area contributed by atoms with Crippen LogP contribution in [0.2, 0.25) is 0 Å². The molecule has 2 heterocycles. The number of halogens is 3. The van der Waals surface area contributed by atoms with E-state index in [2.05, 4.69) is 15.4 Å². The lowest BCUT2D eigenvalue weighted by Crippen LogP contribution is -2.08. The van der Waals surface area contributed by atoms with Crippen molar-refractivity contribution in [2.75, 3.05) is 11.9 Å². The van der Waals surface area contributed by atoms with Gasteiger partial charge in [-0.3, -0.25) is 4.68 Å². The molecule has 0 fully saturated rings. The van der Waals surface area contributed by atoms with E-state index in [1.807, 2.05) is 0 Å². The van der Waals surface area contributed by atoms with Crippen LogP contribution in [0.5, 0.6) is 11.6 Å². The summed E-state index contributed by atoms with van der Waals surface area (Å²) in [6.07, 6.45) is -1.52. The van der Waals surface area contributed by atoms with Crippen molar-refractivity contribution in [1.82, 2.24) is 14.8 Å². The zero-order valence-electron chi connectivity index (χ0n) is 10.9. The highest BCUT2D eigenvalue weighted by molar-refractivity contribution is 5.43. The highest BCUT2D eigenvalue weighted by Gasteiger charge is 2.32. The molecular weight excluding hydrogens is 273 g/mol. The summed E-state index contributed by atoms with van der Waals surface area (Å²) in [5.41, 5.74) is -0.817. The van der Waals surface area contributed by atoms with Crippen molar-refractivity contribution >= 4 is 5.82 Å². The van der Waals surface area contributed by atoms with E-state index in [1.54, 1.807) is 14.0 Å². The molecule has 5 nitrogen and oxygen atoms in total. The Labute approximate surface area is 113 Å². The smallest absolute Gasteiger partial charge is 0.416 e. The molecule has 1 N–H and O–H groups in total. The maximum Gasteiger partial charge on any atom is 0.416 e. The molecule has 0 atom stereocenters. The van der Waals surface area contributed by atoms with Gasteiger partial charge in [-0.25, -0.2) is 0 Å². The number of nitrogens with one attached hydrogen (secondary N) is 1. The number of aromatic nitrogens is 3. The topological polar surface area (TPSA) is 52.0 Å². The van der Waals surface area contributed by atoms with Gasteiger partial charge in [-0.15, -0.1) is 0 Å². The maximum absolute atomic E-state index is 12.8. The molecule has 2 aromatic heterocycles. The summed E-state index contributed by atoms with van der Waals surface area (Å²) >= 11 is 0. The van der Waals surface area contributed by atoms with Crippen molar-refractivity contribution in [3.05, 3.63) is 30.1 Å². The molecule has 0 bridgehead atoms. The lowest BCUT2D eigenvalue weighted by Gasteiger charge is -2.11. The second-order valence-corrected chi connectivity index (χ2v) is 4.06. The summed E-state index contributed by atoms with van der Waals surface area (Å²) in [6.45, 7) is 2.23. The van der Waals surface area contributed by atoms with Gasteiger partial charge in [-0.2, -0.15) is 23.3 Å². The van der Waals surface area contributed by atoms with Crippen LogP contribution in [0.4, 0.5) is 19.0 Å². The first-order valence-corrected chi connectivity index (χ1v) is 5.88. The fraction of sp³-hybridized carbons (Fsp3) is 0.333. The van der Waals surface area contributed by atoms with Gasteiger partial charge in [0.05, 0.1) is 18.0 Å². The van der Waals surface area contributed by atoms with Crippen LogP contribution in [0.3, 0.4) is 0 Å². The standard InChI is InChI=1S/C12H13F3N4O/c1-3-16-10-4-8(12(13,14)15)5-11(18-10)20-9-6-17-19(2)7-9/h4-7H,3H2,1-2H3,(H,16,18). The number of aryl methyl sites for hydroxylation is 1. The number of hydrogen-bond acceptors (Lipinski definition) is 4. The monoisotopic (exact) mass is 286 g/mol. The Morgan fingerprint density at radius 2 is 2.10 bits per heavy atom. The number of hydrogen-bond donors (Lipinski definition) is 1. The summed E-state index contributed by atoms with van der Waals surface area (Å²) in [6, 6.07) is 1.80. The van der Waals surface area contributed by atoms with Crippen molar-refractivity contribution in [2.45, 2.75) is 13.1 Å². The van der Waals surface area contributed by atoms with Gasteiger partial charge in [-0.05, 0) is 13.0 Å². The van der Waals surface area contributed by atoms with E-state index in [9.17, 15) is 13.2 Å². The molecule has 108 valence electrons. The minimum atomic E-state index is -4.46. The predicted molar refractivity (Wildman–Crippen MR) is 66.7 cm³/mol.